The first-order chi connectivity index (χ1) is 23.8. The fraction of sp³-hybridized carbons (Fsp3) is 0. The average Bonchev–Trinajstić information content (AvgIpc) is 3.50. The lowest BCUT2D eigenvalue weighted by atomic mass is 9.94. The van der Waals surface area contributed by atoms with E-state index in [1.165, 1.54) is 15.6 Å². The number of para-hydroxylation sites is 2. The molecule has 0 amide bonds. The molecule has 0 unspecified atom stereocenters. The minimum absolute atomic E-state index is 0.524. The van der Waals surface area contributed by atoms with Gasteiger partial charge in [0, 0.05) is 21.9 Å². The van der Waals surface area contributed by atoms with Crippen molar-refractivity contribution in [2.45, 2.75) is 0 Å². The predicted octanol–water partition coefficient (Wildman–Crippen LogP) is 7.57. The molecule has 0 aliphatic heterocycles. The predicted molar refractivity (Wildman–Crippen MR) is 199 cm³/mol. The summed E-state index contributed by atoms with van der Waals surface area (Å²) in [5.41, 5.74) is 5.53. The van der Waals surface area contributed by atoms with Crippen LogP contribution in [-0.4, -0.2) is 12.6 Å². The summed E-state index contributed by atoms with van der Waals surface area (Å²) >= 11 is 0. The van der Waals surface area contributed by atoms with Gasteiger partial charge in [-0.1, -0.05) is 152 Å². The second-order valence-electron chi connectivity index (χ2n) is 11.9. The molecule has 1 aromatic heterocycles. The lowest BCUT2D eigenvalue weighted by Crippen LogP contribution is -2.74. The molecule has 225 valence electrons. The number of nitrogens with zero attached hydrogens (tertiary/aromatic N) is 3. The van der Waals surface area contributed by atoms with E-state index in [0.717, 1.165) is 43.8 Å². The van der Waals surface area contributed by atoms with E-state index in [1.807, 2.05) is 24.3 Å². The highest BCUT2D eigenvalue weighted by molar-refractivity contribution is 7.19. The van der Waals surface area contributed by atoms with Crippen LogP contribution in [0, 0.1) is 22.7 Å². The van der Waals surface area contributed by atoms with E-state index in [-0.39, 0.29) is 0 Å². The third-order valence-electron chi connectivity index (χ3n) is 9.45. The summed E-state index contributed by atoms with van der Waals surface area (Å²) in [6.45, 7) is 0. The zero-order valence-electron chi connectivity index (χ0n) is 26.1. The van der Waals surface area contributed by atoms with Crippen molar-refractivity contribution in [3.63, 3.8) is 0 Å². The van der Waals surface area contributed by atoms with Gasteiger partial charge in [0.1, 0.15) is 0 Å². The van der Waals surface area contributed by atoms with Crippen molar-refractivity contribution in [3.8, 4) is 29.0 Å². The van der Waals surface area contributed by atoms with Gasteiger partial charge in [-0.25, -0.2) is 0 Å². The van der Waals surface area contributed by atoms with Crippen LogP contribution in [-0.2, 0) is 0 Å². The molecule has 0 saturated heterocycles. The van der Waals surface area contributed by atoms with Crippen LogP contribution in [0.4, 0.5) is 0 Å². The Kier molecular flexibility index (Phi) is 7.27. The van der Waals surface area contributed by atoms with E-state index in [2.05, 4.69) is 168 Å². The van der Waals surface area contributed by atoms with Crippen LogP contribution < -0.4 is 20.7 Å². The van der Waals surface area contributed by atoms with Gasteiger partial charge in [-0.3, -0.25) is 0 Å². The Morgan fingerprint density at radius 3 is 1.40 bits per heavy atom. The maximum Gasteiger partial charge on any atom is 0.0998 e. The highest BCUT2D eigenvalue weighted by Gasteiger charge is 2.29. The molecule has 0 N–H and O–H groups in total. The van der Waals surface area contributed by atoms with Gasteiger partial charge in [0.25, 0.3) is 0 Å². The first-order valence-electron chi connectivity index (χ1n) is 16.0. The van der Waals surface area contributed by atoms with Gasteiger partial charge in [0.2, 0.25) is 0 Å². The van der Waals surface area contributed by atoms with Crippen LogP contribution in [0.15, 0.2) is 176 Å². The molecule has 48 heavy (non-hydrogen) atoms. The smallest absolute Gasteiger partial charge is 0.0998 e. The maximum atomic E-state index is 10.9. The normalized spacial score (nSPS) is 11.3. The summed E-state index contributed by atoms with van der Waals surface area (Å²) in [4.78, 5) is 0. The molecule has 4 heteroatoms. The molecule has 8 aromatic rings. The summed E-state index contributed by atoms with van der Waals surface area (Å²) < 4.78 is 2.23. The number of nitriles is 2. The van der Waals surface area contributed by atoms with E-state index >= 15 is 0 Å². The lowest BCUT2D eigenvalue weighted by molar-refractivity contribution is 1.18. The molecule has 0 bridgehead atoms. The number of benzene rings is 7. The van der Waals surface area contributed by atoms with Crippen LogP contribution in [0.25, 0.3) is 38.6 Å². The Morgan fingerprint density at radius 1 is 0.417 bits per heavy atom. The minimum Gasteiger partial charge on any atom is -0.309 e. The molecule has 7 aromatic carbocycles. The van der Waals surface area contributed by atoms with E-state index in [0.29, 0.717) is 11.1 Å². The maximum absolute atomic E-state index is 10.9. The summed E-state index contributed by atoms with van der Waals surface area (Å²) in [6, 6.07) is 66.0. The average molecular weight is 628 g/mol. The van der Waals surface area contributed by atoms with Crippen LogP contribution in [0.1, 0.15) is 11.1 Å². The monoisotopic (exact) mass is 627 g/mol. The van der Waals surface area contributed by atoms with Crippen molar-refractivity contribution in [1.82, 2.24) is 4.57 Å². The third kappa shape index (κ3) is 4.48. The number of hydrogen-bond acceptors (Lipinski definition) is 2. The second kappa shape index (κ2) is 12.0. The topological polar surface area (TPSA) is 52.5 Å². The molecule has 0 aliphatic rings. The van der Waals surface area contributed by atoms with E-state index < -0.39 is 8.07 Å². The van der Waals surface area contributed by atoms with Gasteiger partial charge in [-0.15, -0.1) is 0 Å². The van der Waals surface area contributed by atoms with Gasteiger partial charge < -0.3 is 4.57 Å². The highest BCUT2D eigenvalue weighted by atomic mass is 28.3. The van der Waals surface area contributed by atoms with Crippen molar-refractivity contribution in [1.29, 1.82) is 10.5 Å². The number of hydrogen-bond donors (Lipinski definition) is 0. The van der Waals surface area contributed by atoms with Crippen LogP contribution in [0.2, 0.25) is 0 Å². The van der Waals surface area contributed by atoms with Crippen molar-refractivity contribution in [2.24, 2.45) is 0 Å². The Morgan fingerprint density at radius 2 is 0.896 bits per heavy atom. The lowest BCUT2D eigenvalue weighted by Gasteiger charge is -2.47. The Bertz CT molecular complexity index is 2370. The standard InChI is InChI=1S/C44H29N3Si/c45-30-32-15-14-26-43(47-41-24-12-10-22-39(41)40-23-11-13-25-42(40)47)44(32)38-28-27-37(29-33(38)31-46)48(34-16-4-1-5-17-34,35-18-6-2-7-19-35)36-20-8-3-9-21-36/h1-29H/q-1. The summed E-state index contributed by atoms with van der Waals surface area (Å²) in [5, 5.41) is 28.5. The molecule has 3 nitrogen and oxygen atoms in total. The second-order valence-corrected chi connectivity index (χ2v) is 15.7. The molecular weight excluding hydrogens is 599 g/mol. The van der Waals surface area contributed by atoms with E-state index in [1.54, 1.807) is 0 Å². The zero-order chi connectivity index (χ0) is 32.5. The highest BCUT2D eigenvalue weighted by Crippen LogP contribution is 2.38. The van der Waals surface area contributed by atoms with Crippen molar-refractivity contribution in [3.05, 3.63) is 187 Å². The van der Waals surface area contributed by atoms with E-state index in [4.69, 9.17) is 0 Å². The number of aromatic nitrogens is 1. The third-order valence-corrected chi connectivity index (χ3v) is 14.2. The Hall–Kier alpha value is -6.46. The molecule has 1 heterocycles. The molecule has 0 spiro atoms. The molecule has 0 saturated carbocycles. The SMILES string of the molecule is N#Cc1cc([Si-](c2ccccc2)(c2ccccc2)c2ccccc2)ccc1-c1c(C#N)cccc1-n1c2ccccc2c2ccccc21. The number of fused-ring (bicyclic) bond motifs is 3. The van der Waals surface area contributed by atoms with Crippen LogP contribution in [0.3, 0.4) is 0 Å². The minimum atomic E-state index is -2.85. The largest absolute Gasteiger partial charge is 0.309 e. The van der Waals surface area contributed by atoms with Gasteiger partial charge in [0.05, 0.1) is 40.0 Å². The zero-order valence-corrected chi connectivity index (χ0v) is 27.1. The summed E-state index contributed by atoms with van der Waals surface area (Å²) in [6.07, 6.45) is 0. The Balaban J connectivity index is 1.44. The first-order valence-corrected chi connectivity index (χ1v) is 18.0. The van der Waals surface area contributed by atoms with Crippen LogP contribution >= 0.6 is 0 Å². The summed E-state index contributed by atoms with van der Waals surface area (Å²) in [7, 11) is -2.85. The van der Waals surface area contributed by atoms with Crippen molar-refractivity contribution < 1.29 is 0 Å². The van der Waals surface area contributed by atoms with Gasteiger partial charge in [0.15, 0.2) is 0 Å². The Labute approximate surface area is 280 Å². The molecule has 0 fully saturated rings. The van der Waals surface area contributed by atoms with Crippen LogP contribution in [0.5, 0.6) is 0 Å². The van der Waals surface area contributed by atoms with E-state index in [9.17, 15) is 10.5 Å². The molecule has 8 rings (SSSR count). The van der Waals surface area contributed by atoms with Gasteiger partial charge in [-0.05, 0) is 32.3 Å². The first kappa shape index (κ1) is 29.0. The fourth-order valence-electron chi connectivity index (χ4n) is 7.44. The van der Waals surface area contributed by atoms with Gasteiger partial charge >= 0.3 is 0 Å². The quantitative estimate of drug-likeness (QED) is 0.141. The molecular formula is C44H29N3Si-. The number of rotatable bonds is 6. The molecule has 0 aliphatic carbocycles. The van der Waals surface area contributed by atoms with Crippen molar-refractivity contribution >= 4 is 50.6 Å². The molecule has 0 atom stereocenters. The fourth-order valence-corrected chi connectivity index (χ4v) is 12.2. The summed E-state index contributed by atoms with van der Waals surface area (Å²) in [5.74, 6) is 0. The van der Waals surface area contributed by atoms with Gasteiger partial charge in [-0.2, -0.15) is 31.3 Å². The molecule has 0 radical (unpaired) electrons. The van der Waals surface area contributed by atoms with Crippen molar-refractivity contribution in [2.75, 3.05) is 0 Å².